The van der Waals surface area contributed by atoms with Gasteiger partial charge in [0.25, 0.3) is 0 Å². The smallest absolute Gasteiger partial charge is 0.248 e. The lowest BCUT2D eigenvalue weighted by Gasteiger charge is -2.06. The molecule has 4 aromatic rings. The SMILES string of the molecule is Cl.NC(=O)c1cccc(-c2nnc3ccc(Sc4ccc(F)cc4F)cn23)c1. The Labute approximate surface area is 169 Å². The van der Waals surface area contributed by atoms with Crippen LogP contribution >= 0.6 is 24.2 Å². The van der Waals surface area contributed by atoms with Gasteiger partial charge in [0, 0.05) is 33.2 Å². The number of amides is 1. The highest BCUT2D eigenvalue weighted by molar-refractivity contribution is 7.99. The summed E-state index contributed by atoms with van der Waals surface area (Å²) in [5, 5.41) is 8.28. The van der Waals surface area contributed by atoms with E-state index < -0.39 is 17.5 Å². The number of nitrogens with two attached hydrogens (primary N) is 1. The standard InChI is InChI=1S/C19H12F2N4OS.ClH/c20-13-4-6-16(15(21)9-13)27-14-5-7-17-23-24-19(25(17)10-14)12-3-1-2-11(8-12)18(22)26;/h1-10H,(H2,22,26);1H. The van der Waals surface area contributed by atoms with E-state index in [1.807, 2.05) is 0 Å². The highest BCUT2D eigenvalue weighted by Gasteiger charge is 2.12. The van der Waals surface area contributed by atoms with Crippen LogP contribution < -0.4 is 5.73 Å². The van der Waals surface area contributed by atoms with Gasteiger partial charge in [-0.15, -0.1) is 22.6 Å². The number of benzene rings is 2. The molecule has 0 atom stereocenters. The fraction of sp³-hybridized carbons (Fsp3) is 0. The van der Waals surface area contributed by atoms with Gasteiger partial charge in [0.2, 0.25) is 5.91 Å². The molecule has 0 aliphatic carbocycles. The van der Waals surface area contributed by atoms with E-state index in [-0.39, 0.29) is 12.4 Å². The molecular formula is C19H13ClF2N4OS. The highest BCUT2D eigenvalue weighted by atomic mass is 35.5. The van der Waals surface area contributed by atoms with Gasteiger partial charge in [-0.05, 0) is 36.4 Å². The summed E-state index contributed by atoms with van der Waals surface area (Å²) in [5.41, 5.74) is 6.97. The average Bonchev–Trinajstić information content (AvgIpc) is 3.07. The molecule has 28 heavy (non-hydrogen) atoms. The van der Waals surface area contributed by atoms with E-state index in [9.17, 15) is 13.6 Å². The number of primary amides is 1. The van der Waals surface area contributed by atoms with Crippen LogP contribution in [0, 0.1) is 11.6 Å². The molecule has 2 aromatic heterocycles. The number of aromatic nitrogens is 3. The molecule has 0 saturated heterocycles. The van der Waals surface area contributed by atoms with Crippen molar-refractivity contribution in [1.29, 1.82) is 0 Å². The van der Waals surface area contributed by atoms with Gasteiger partial charge in [0.05, 0.1) is 0 Å². The second kappa shape index (κ2) is 7.95. The minimum Gasteiger partial charge on any atom is -0.366 e. The zero-order valence-corrected chi connectivity index (χ0v) is 15.8. The molecule has 4 rings (SSSR count). The number of halogens is 3. The van der Waals surface area contributed by atoms with Crippen molar-refractivity contribution in [1.82, 2.24) is 14.6 Å². The number of carbonyl (C=O) groups excluding carboxylic acids is 1. The van der Waals surface area contributed by atoms with Gasteiger partial charge >= 0.3 is 0 Å². The Morgan fingerprint density at radius 2 is 1.86 bits per heavy atom. The van der Waals surface area contributed by atoms with Crippen molar-refractivity contribution in [2.75, 3.05) is 0 Å². The number of carbonyl (C=O) groups is 1. The lowest BCUT2D eigenvalue weighted by molar-refractivity contribution is 0.100. The summed E-state index contributed by atoms with van der Waals surface area (Å²) in [6.07, 6.45) is 1.76. The monoisotopic (exact) mass is 418 g/mol. The Kier molecular flexibility index (Phi) is 5.62. The predicted molar refractivity (Wildman–Crippen MR) is 105 cm³/mol. The van der Waals surface area contributed by atoms with Gasteiger partial charge in [-0.25, -0.2) is 8.78 Å². The maximum absolute atomic E-state index is 13.9. The Morgan fingerprint density at radius 3 is 2.61 bits per heavy atom. The molecule has 0 radical (unpaired) electrons. The van der Waals surface area contributed by atoms with Crippen LogP contribution in [-0.2, 0) is 0 Å². The topological polar surface area (TPSA) is 73.3 Å². The largest absolute Gasteiger partial charge is 0.366 e. The van der Waals surface area contributed by atoms with Gasteiger partial charge in [0.15, 0.2) is 11.5 Å². The summed E-state index contributed by atoms with van der Waals surface area (Å²) < 4.78 is 28.7. The van der Waals surface area contributed by atoms with E-state index in [4.69, 9.17) is 5.73 Å². The number of pyridine rings is 1. The number of fused-ring (bicyclic) bond motifs is 1. The summed E-state index contributed by atoms with van der Waals surface area (Å²) >= 11 is 1.16. The molecule has 2 N–H and O–H groups in total. The van der Waals surface area contributed by atoms with E-state index in [1.54, 1.807) is 47.0 Å². The summed E-state index contributed by atoms with van der Waals surface area (Å²) in [5.74, 6) is -1.26. The minimum absolute atomic E-state index is 0. The van der Waals surface area contributed by atoms with Crippen LogP contribution in [0.25, 0.3) is 17.0 Å². The molecule has 0 unspecified atom stereocenters. The summed E-state index contributed by atoms with van der Waals surface area (Å²) in [6.45, 7) is 0. The van der Waals surface area contributed by atoms with Gasteiger partial charge in [0.1, 0.15) is 11.6 Å². The van der Waals surface area contributed by atoms with E-state index in [1.165, 1.54) is 12.1 Å². The first-order valence-electron chi connectivity index (χ1n) is 7.89. The number of rotatable bonds is 4. The lowest BCUT2D eigenvalue weighted by Crippen LogP contribution is -2.10. The molecule has 142 valence electrons. The number of hydrogen-bond acceptors (Lipinski definition) is 4. The molecule has 2 aromatic carbocycles. The third-order valence-corrected chi connectivity index (χ3v) is 4.93. The molecule has 9 heteroatoms. The second-order valence-electron chi connectivity index (χ2n) is 5.74. The van der Waals surface area contributed by atoms with Crippen molar-refractivity contribution in [2.24, 2.45) is 5.73 Å². The molecule has 1 amide bonds. The third-order valence-electron chi connectivity index (χ3n) is 3.90. The fourth-order valence-corrected chi connectivity index (χ4v) is 3.47. The average molecular weight is 419 g/mol. The van der Waals surface area contributed by atoms with Gasteiger partial charge in [-0.3, -0.25) is 9.20 Å². The molecule has 0 fully saturated rings. The van der Waals surface area contributed by atoms with E-state index in [0.717, 1.165) is 22.7 Å². The summed E-state index contributed by atoms with van der Waals surface area (Å²) in [6, 6.07) is 13.7. The van der Waals surface area contributed by atoms with Crippen LogP contribution in [0.5, 0.6) is 0 Å². The fourth-order valence-electron chi connectivity index (χ4n) is 2.62. The number of hydrogen-bond donors (Lipinski definition) is 1. The minimum atomic E-state index is -0.627. The Bertz CT molecular complexity index is 1180. The van der Waals surface area contributed by atoms with Gasteiger partial charge < -0.3 is 5.73 Å². The predicted octanol–water partition coefficient (Wildman–Crippen LogP) is 4.35. The van der Waals surface area contributed by atoms with Crippen LogP contribution in [0.15, 0.2) is 70.6 Å². The van der Waals surface area contributed by atoms with Crippen LogP contribution in [-0.4, -0.2) is 20.5 Å². The van der Waals surface area contributed by atoms with E-state index in [2.05, 4.69) is 10.2 Å². The Hall–Kier alpha value is -2.97. The third kappa shape index (κ3) is 3.83. The van der Waals surface area contributed by atoms with Crippen LogP contribution in [0.3, 0.4) is 0 Å². The molecule has 0 aliphatic heterocycles. The van der Waals surface area contributed by atoms with Crippen molar-refractivity contribution in [3.63, 3.8) is 0 Å². The second-order valence-corrected chi connectivity index (χ2v) is 6.85. The first-order valence-corrected chi connectivity index (χ1v) is 8.71. The highest BCUT2D eigenvalue weighted by Crippen LogP contribution is 2.31. The molecule has 0 saturated carbocycles. The zero-order valence-electron chi connectivity index (χ0n) is 14.2. The van der Waals surface area contributed by atoms with Crippen molar-refractivity contribution in [3.05, 3.63) is 78.0 Å². The van der Waals surface area contributed by atoms with Gasteiger partial charge in [-0.1, -0.05) is 23.9 Å². The molecule has 5 nitrogen and oxygen atoms in total. The zero-order chi connectivity index (χ0) is 19.0. The molecule has 0 aliphatic rings. The summed E-state index contributed by atoms with van der Waals surface area (Å²) in [7, 11) is 0. The molecule has 0 bridgehead atoms. The van der Waals surface area contributed by atoms with Crippen molar-refractivity contribution in [2.45, 2.75) is 9.79 Å². The van der Waals surface area contributed by atoms with Crippen LogP contribution in [0.2, 0.25) is 0 Å². The van der Waals surface area contributed by atoms with E-state index in [0.29, 0.717) is 27.5 Å². The number of nitrogens with zero attached hydrogens (tertiary/aromatic N) is 3. The molecular weight excluding hydrogens is 406 g/mol. The maximum Gasteiger partial charge on any atom is 0.248 e. The summed E-state index contributed by atoms with van der Waals surface area (Å²) in [4.78, 5) is 12.4. The van der Waals surface area contributed by atoms with Gasteiger partial charge in [-0.2, -0.15) is 0 Å². The van der Waals surface area contributed by atoms with Crippen molar-refractivity contribution >= 4 is 35.7 Å². The Balaban J connectivity index is 0.00000225. The molecule has 0 spiro atoms. The van der Waals surface area contributed by atoms with Crippen molar-refractivity contribution in [3.8, 4) is 11.4 Å². The first kappa shape index (κ1) is 19.8. The van der Waals surface area contributed by atoms with E-state index >= 15 is 0 Å². The van der Waals surface area contributed by atoms with Crippen molar-refractivity contribution < 1.29 is 13.6 Å². The Morgan fingerprint density at radius 1 is 1.04 bits per heavy atom. The quantitative estimate of drug-likeness (QED) is 0.535. The lowest BCUT2D eigenvalue weighted by atomic mass is 10.1. The first-order chi connectivity index (χ1) is 13.0. The van der Waals surface area contributed by atoms with Crippen LogP contribution in [0.4, 0.5) is 8.78 Å². The molecule has 2 heterocycles. The maximum atomic E-state index is 13.9. The normalized spacial score (nSPS) is 10.6. The van der Waals surface area contributed by atoms with Crippen LogP contribution in [0.1, 0.15) is 10.4 Å².